The SMILES string of the molecule is Cc1sc2nc(CS[C@H](C)C(=O)OCC(=O)NC3CCCC3)[nH]c(=O)c2c1C. The molecule has 2 N–H and O–H groups in total. The van der Waals surface area contributed by atoms with Crippen LogP contribution in [0.5, 0.6) is 0 Å². The van der Waals surface area contributed by atoms with Crippen molar-refractivity contribution in [2.45, 2.75) is 63.5 Å². The fourth-order valence-corrected chi connectivity index (χ4v) is 5.03. The van der Waals surface area contributed by atoms with Gasteiger partial charge in [-0.3, -0.25) is 14.4 Å². The van der Waals surface area contributed by atoms with Crippen molar-refractivity contribution in [3.63, 3.8) is 0 Å². The number of amides is 1. The highest BCUT2D eigenvalue weighted by Crippen LogP contribution is 2.26. The number of carbonyl (C=O) groups excluding carboxylic acids is 2. The van der Waals surface area contributed by atoms with Gasteiger partial charge in [-0.1, -0.05) is 12.8 Å². The Labute approximate surface area is 171 Å². The van der Waals surface area contributed by atoms with Crippen LogP contribution in [-0.4, -0.2) is 39.7 Å². The minimum atomic E-state index is -0.466. The number of aromatic amines is 1. The third kappa shape index (κ3) is 4.94. The number of aryl methyl sites for hydroxylation is 2. The first-order valence-electron chi connectivity index (χ1n) is 9.41. The molecule has 2 aromatic rings. The van der Waals surface area contributed by atoms with E-state index in [1.54, 1.807) is 6.92 Å². The van der Waals surface area contributed by atoms with Crippen LogP contribution >= 0.6 is 23.1 Å². The van der Waals surface area contributed by atoms with E-state index in [1.807, 2.05) is 13.8 Å². The summed E-state index contributed by atoms with van der Waals surface area (Å²) in [5.74, 6) is 0.212. The predicted octanol–water partition coefficient (Wildman–Crippen LogP) is 2.83. The zero-order valence-electron chi connectivity index (χ0n) is 16.3. The van der Waals surface area contributed by atoms with Crippen molar-refractivity contribution in [1.29, 1.82) is 0 Å². The zero-order chi connectivity index (χ0) is 20.3. The van der Waals surface area contributed by atoms with Crippen molar-refractivity contribution >= 4 is 45.2 Å². The first-order chi connectivity index (χ1) is 13.3. The molecule has 0 bridgehead atoms. The van der Waals surface area contributed by atoms with E-state index in [1.165, 1.54) is 23.1 Å². The molecule has 1 fully saturated rings. The van der Waals surface area contributed by atoms with E-state index >= 15 is 0 Å². The Morgan fingerprint density at radius 2 is 2.07 bits per heavy atom. The second kappa shape index (κ2) is 9.09. The number of thiophene rings is 1. The molecule has 1 amide bonds. The molecular formula is C19H25N3O4S2. The van der Waals surface area contributed by atoms with Crippen LogP contribution in [0.1, 0.15) is 48.9 Å². The Kier molecular flexibility index (Phi) is 6.77. The highest BCUT2D eigenvalue weighted by Gasteiger charge is 2.20. The lowest BCUT2D eigenvalue weighted by Gasteiger charge is -2.13. The number of thioether (sulfide) groups is 1. The normalized spacial score (nSPS) is 15.7. The van der Waals surface area contributed by atoms with Gasteiger partial charge in [-0.2, -0.15) is 0 Å². The maximum absolute atomic E-state index is 12.3. The maximum atomic E-state index is 12.3. The third-order valence-corrected chi connectivity index (χ3v) is 7.19. The number of carbonyl (C=O) groups is 2. The second-order valence-electron chi connectivity index (χ2n) is 7.09. The zero-order valence-corrected chi connectivity index (χ0v) is 17.9. The van der Waals surface area contributed by atoms with Crippen LogP contribution < -0.4 is 10.9 Å². The van der Waals surface area contributed by atoms with Crippen molar-refractivity contribution in [2.75, 3.05) is 6.61 Å². The molecule has 0 radical (unpaired) electrons. The van der Waals surface area contributed by atoms with Gasteiger partial charge in [0.1, 0.15) is 15.9 Å². The van der Waals surface area contributed by atoms with Crippen LogP contribution in [0.3, 0.4) is 0 Å². The molecule has 1 aliphatic carbocycles. The Hall–Kier alpha value is -1.87. The smallest absolute Gasteiger partial charge is 0.319 e. The Bertz CT molecular complexity index is 931. The molecule has 152 valence electrons. The molecule has 3 rings (SSSR count). The molecule has 0 spiro atoms. The lowest BCUT2D eigenvalue weighted by molar-refractivity contribution is -0.147. The van der Waals surface area contributed by atoms with Gasteiger partial charge in [0, 0.05) is 10.9 Å². The molecular weight excluding hydrogens is 398 g/mol. The summed E-state index contributed by atoms with van der Waals surface area (Å²) >= 11 is 2.81. The van der Waals surface area contributed by atoms with Gasteiger partial charge in [0.2, 0.25) is 0 Å². The van der Waals surface area contributed by atoms with Gasteiger partial charge < -0.3 is 15.0 Å². The highest BCUT2D eigenvalue weighted by molar-refractivity contribution is 7.99. The van der Waals surface area contributed by atoms with Crippen molar-refractivity contribution in [2.24, 2.45) is 0 Å². The Morgan fingerprint density at radius 1 is 1.36 bits per heavy atom. The van der Waals surface area contributed by atoms with E-state index in [9.17, 15) is 14.4 Å². The number of nitrogens with zero attached hydrogens (tertiary/aromatic N) is 1. The standard InChI is InChI=1S/C19H25N3O4S2/c1-10-11(2)28-18-16(10)17(24)21-14(22-18)9-27-12(3)19(25)26-8-15(23)20-13-6-4-5-7-13/h12-13H,4-9H2,1-3H3,(H,20,23)(H,21,22,24)/t12-/m1/s1. The first-order valence-corrected chi connectivity index (χ1v) is 11.3. The summed E-state index contributed by atoms with van der Waals surface area (Å²) in [7, 11) is 0. The molecule has 28 heavy (non-hydrogen) atoms. The van der Waals surface area contributed by atoms with Crippen LogP contribution in [-0.2, 0) is 20.1 Å². The number of hydrogen-bond acceptors (Lipinski definition) is 7. The molecule has 7 nitrogen and oxygen atoms in total. The van der Waals surface area contributed by atoms with Crippen LogP contribution in [0.15, 0.2) is 4.79 Å². The molecule has 1 atom stereocenters. The van der Waals surface area contributed by atoms with E-state index in [0.29, 0.717) is 21.8 Å². The van der Waals surface area contributed by atoms with Gasteiger partial charge in [-0.05, 0) is 39.2 Å². The maximum Gasteiger partial charge on any atom is 0.319 e. The van der Waals surface area contributed by atoms with Crippen molar-refractivity contribution in [1.82, 2.24) is 15.3 Å². The van der Waals surface area contributed by atoms with Gasteiger partial charge >= 0.3 is 5.97 Å². The quantitative estimate of drug-likeness (QED) is 0.664. The molecule has 1 saturated carbocycles. The Balaban J connectivity index is 1.49. The van der Waals surface area contributed by atoms with E-state index in [2.05, 4.69) is 15.3 Å². The van der Waals surface area contributed by atoms with Crippen molar-refractivity contribution in [3.8, 4) is 0 Å². The average Bonchev–Trinajstić information content (AvgIpc) is 3.25. The summed E-state index contributed by atoms with van der Waals surface area (Å²) in [5, 5.41) is 3.06. The van der Waals surface area contributed by atoms with Crippen LogP contribution in [0.2, 0.25) is 0 Å². The Morgan fingerprint density at radius 3 is 2.79 bits per heavy atom. The van der Waals surface area contributed by atoms with Gasteiger partial charge in [-0.15, -0.1) is 23.1 Å². The lowest BCUT2D eigenvalue weighted by Crippen LogP contribution is -2.36. The molecule has 0 aliphatic heterocycles. The van der Waals surface area contributed by atoms with Gasteiger partial charge in [0.25, 0.3) is 11.5 Å². The predicted molar refractivity (Wildman–Crippen MR) is 112 cm³/mol. The summed E-state index contributed by atoms with van der Waals surface area (Å²) in [6.07, 6.45) is 4.24. The molecule has 2 aromatic heterocycles. The summed E-state index contributed by atoms with van der Waals surface area (Å²) in [5.41, 5.74) is 0.807. The van der Waals surface area contributed by atoms with Gasteiger partial charge in [0.05, 0.1) is 11.1 Å². The number of ether oxygens (including phenoxy) is 1. The number of H-pyrrole nitrogens is 1. The molecule has 0 unspecified atom stereocenters. The molecule has 0 saturated heterocycles. The molecule has 9 heteroatoms. The van der Waals surface area contributed by atoms with Crippen LogP contribution in [0.4, 0.5) is 0 Å². The van der Waals surface area contributed by atoms with E-state index in [-0.39, 0.29) is 24.1 Å². The van der Waals surface area contributed by atoms with Crippen molar-refractivity contribution < 1.29 is 14.3 Å². The average molecular weight is 424 g/mol. The molecule has 1 aliphatic rings. The third-order valence-electron chi connectivity index (χ3n) is 4.96. The van der Waals surface area contributed by atoms with E-state index < -0.39 is 11.2 Å². The van der Waals surface area contributed by atoms with Gasteiger partial charge in [-0.25, -0.2) is 4.98 Å². The van der Waals surface area contributed by atoms with Gasteiger partial charge in [0.15, 0.2) is 6.61 Å². The summed E-state index contributed by atoms with van der Waals surface area (Å²) in [6.45, 7) is 5.35. The summed E-state index contributed by atoms with van der Waals surface area (Å²) in [6, 6.07) is 0.209. The fraction of sp³-hybridized carbons (Fsp3) is 0.579. The lowest BCUT2D eigenvalue weighted by atomic mass is 10.2. The monoisotopic (exact) mass is 423 g/mol. The number of fused-ring (bicyclic) bond motifs is 1. The van der Waals surface area contributed by atoms with E-state index in [4.69, 9.17) is 4.74 Å². The molecule has 0 aromatic carbocycles. The topological polar surface area (TPSA) is 101 Å². The fourth-order valence-electron chi connectivity index (χ4n) is 3.23. The minimum absolute atomic E-state index is 0.152. The summed E-state index contributed by atoms with van der Waals surface area (Å²) in [4.78, 5) is 45.4. The highest BCUT2D eigenvalue weighted by atomic mass is 32.2. The largest absolute Gasteiger partial charge is 0.455 e. The number of hydrogen-bond donors (Lipinski definition) is 2. The molecule has 2 heterocycles. The van der Waals surface area contributed by atoms with Crippen molar-refractivity contribution in [3.05, 3.63) is 26.6 Å². The number of nitrogens with one attached hydrogen (secondary N) is 2. The first kappa shape index (κ1) is 20.9. The van der Waals surface area contributed by atoms with E-state index in [0.717, 1.165) is 36.1 Å². The van der Waals surface area contributed by atoms with Crippen LogP contribution in [0.25, 0.3) is 10.2 Å². The number of aromatic nitrogens is 2. The second-order valence-corrected chi connectivity index (χ2v) is 9.62. The number of rotatable bonds is 7. The summed E-state index contributed by atoms with van der Waals surface area (Å²) < 4.78 is 5.12. The number of esters is 1. The van der Waals surface area contributed by atoms with Crippen LogP contribution in [0, 0.1) is 13.8 Å². The minimum Gasteiger partial charge on any atom is -0.455 e.